The van der Waals surface area contributed by atoms with Gasteiger partial charge in [-0.15, -0.1) is 0 Å². The van der Waals surface area contributed by atoms with Gasteiger partial charge in [0.15, 0.2) is 0 Å². The Kier molecular flexibility index (Phi) is 6.86. The molecule has 5 heteroatoms. The Morgan fingerprint density at radius 2 is 2.17 bits per heavy atom. The zero-order chi connectivity index (χ0) is 13.4. The van der Waals surface area contributed by atoms with Gasteiger partial charge in [0.05, 0.1) is 12.4 Å². The quantitative estimate of drug-likeness (QED) is 0.785. The Hall–Kier alpha value is -0.970. The van der Waals surface area contributed by atoms with Crippen LogP contribution in [0, 0.1) is 0 Å². The van der Waals surface area contributed by atoms with Gasteiger partial charge in [0.2, 0.25) is 0 Å². The topological polar surface area (TPSA) is 41.1 Å². The molecule has 0 aliphatic rings. The molecule has 0 amide bonds. The summed E-state index contributed by atoms with van der Waals surface area (Å²) < 4.78 is 0. The van der Waals surface area contributed by atoms with Crippen LogP contribution in [0.3, 0.4) is 0 Å². The minimum Gasteiger partial charge on any atom is -0.369 e. The Morgan fingerprint density at radius 3 is 2.78 bits per heavy atom. The molecule has 18 heavy (non-hydrogen) atoms. The van der Waals surface area contributed by atoms with Crippen LogP contribution in [0.25, 0.3) is 0 Å². The van der Waals surface area contributed by atoms with Crippen molar-refractivity contribution in [1.29, 1.82) is 0 Å². The van der Waals surface area contributed by atoms with E-state index in [9.17, 15) is 0 Å². The Labute approximate surface area is 115 Å². The lowest BCUT2D eigenvalue weighted by Crippen LogP contribution is -2.33. The lowest BCUT2D eigenvalue weighted by Gasteiger charge is -2.27. The minimum atomic E-state index is 0.510. The lowest BCUT2D eigenvalue weighted by atomic mass is 10.2. The zero-order valence-corrected chi connectivity index (χ0v) is 12.6. The van der Waals surface area contributed by atoms with Crippen LogP contribution in [-0.2, 0) is 0 Å². The van der Waals surface area contributed by atoms with Crippen molar-refractivity contribution < 1.29 is 0 Å². The number of thioether (sulfide) groups is 1. The highest BCUT2D eigenvalue weighted by Gasteiger charge is 2.14. The van der Waals surface area contributed by atoms with Crippen molar-refractivity contribution in [3.8, 4) is 0 Å². The van der Waals surface area contributed by atoms with E-state index in [1.807, 2.05) is 18.0 Å². The van der Waals surface area contributed by atoms with Gasteiger partial charge in [0, 0.05) is 25.4 Å². The largest absolute Gasteiger partial charge is 0.369 e. The normalized spacial score (nSPS) is 12.2. The first-order valence-corrected chi connectivity index (χ1v) is 7.90. The van der Waals surface area contributed by atoms with Crippen LogP contribution in [0.4, 0.5) is 11.6 Å². The average molecular weight is 268 g/mol. The zero-order valence-electron chi connectivity index (χ0n) is 11.8. The second kappa shape index (κ2) is 8.19. The summed E-state index contributed by atoms with van der Waals surface area (Å²) in [5, 5.41) is 3.27. The van der Waals surface area contributed by atoms with Gasteiger partial charge in [0.1, 0.15) is 11.6 Å². The molecule has 4 nitrogen and oxygen atoms in total. The predicted molar refractivity (Wildman–Crippen MR) is 81.7 cm³/mol. The fourth-order valence-electron chi connectivity index (χ4n) is 1.75. The van der Waals surface area contributed by atoms with Crippen molar-refractivity contribution in [2.45, 2.75) is 32.7 Å². The molecule has 0 aliphatic carbocycles. The van der Waals surface area contributed by atoms with Crippen LogP contribution in [-0.4, -0.2) is 41.6 Å². The van der Waals surface area contributed by atoms with E-state index in [0.29, 0.717) is 6.04 Å². The molecule has 0 bridgehead atoms. The third-order valence-corrected chi connectivity index (χ3v) is 3.64. The number of hydrogen-bond acceptors (Lipinski definition) is 5. The smallest absolute Gasteiger partial charge is 0.149 e. The lowest BCUT2D eigenvalue weighted by molar-refractivity contribution is 0.665. The summed E-state index contributed by atoms with van der Waals surface area (Å²) in [6.45, 7) is 5.29. The number of aromatic nitrogens is 2. The molecule has 0 aliphatic heterocycles. The molecule has 0 saturated heterocycles. The Morgan fingerprint density at radius 1 is 1.39 bits per heavy atom. The molecular formula is C13H24N4S. The van der Waals surface area contributed by atoms with E-state index in [1.54, 1.807) is 6.20 Å². The van der Waals surface area contributed by atoms with Crippen molar-refractivity contribution in [2.75, 3.05) is 35.8 Å². The highest BCUT2D eigenvalue weighted by atomic mass is 32.2. The number of rotatable bonds is 8. The molecule has 1 aromatic heterocycles. The van der Waals surface area contributed by atoms with Gasteiger partial charge < -0.3 is 10.2 Å². The molecular weight excluding hydrogens is 244 g/mol. The number of nitrogens with one attached hydrogen (secondary N) is 1. The molecule has 0 fully saturated rings. The molecule has 1 N–H and O–H groups in total. The van der Waals surface area contributed by atoms with Crippen LogP contribution in [0.2, 0.25) is 0 Å². The van der Waals surface area contributed by atoms with Crippen LogP contribution in [0.1, 0.15) is 26.7 Å². The maximum absolute atomic E-state index is 4.60. The number of anilines is 2. The molecule has 1 heterocycles. The van der Waals surface area contributed by atoms with Gasteiger partial charge in [-0.2, -0.15) is 11.8 Å². The van der Waals surface area contributed by atoms with Crippen LogP contribution < -0.4 is 10.2 Å². The molecule has 1 atom stereocenters. The molecule has 1 rings (SSSR count). The molecule has 0 aromatic carbocycles. The van der Waals surface area contributed by atoms with E-state index in [1.165, 1.54) is 0 Å². The molecule has 1 unspecified atom stereocenters. The van der Waals surface area contributed by atoms with E-state index in [2.05, 4.69) is 47.3 Å². The summed E-state index contributed by atoms with van der Waals surface area (Å²) in [7, 11) is 2.10. The van der Waals surface area contributed by atoms with E-state index >= 15 is 0 Å². The van der Waals surface area contributed by atoms with Gasteiger partial charge >= 0.3 is 0 Å². The fourth-order valence-corrected chi connectivity index (χ4v) is 2.59. The van der Waals surface area contributed by atoms with Gasteiger partial charge in [-0.1, -0.05) is 13.8 Å². The Bertz CT molecular complexity index is 346. The highest BCUT2D eigenvalue weighted by molar-refractivity contribution is 7.98. The summed E-state index contributed by atoms with van der Waals surface area (Å²) >= 11 is 1.87. The SMILES string of the molecule is CCCNc1cncc(N(C)C(CC)CSC)n1. The first-order chi connectivity index (χ1) is 8.72. The molecule has 0 spiro atoms. The second-order valence-electron chi connectivity index (χ2n) is 4.32. The number of hydrogen-bond donors (Lipinski definition) is 1. The molecule has 1 aromatic rings. The van der Waals surface area contributed by atoms with Crippen molar-refractivity contribution >= 4 is 23.4 Å². The second-order valence-corrected chi connectivity index (χ2v) is 5.23. The molecule has 0 radical (unpaired) electrons. The summed E-state index contributed by atoms with van der Waals surface area (Å²) in [5.74, 6) is 2.92. The molecule has 102 valence electrons. The van der Waals surface area contributed by atoms with Crippen LogP contribution in [0.15, 0.2) is 12.4 Å². The van der Waals surface area contributed by atoms with Crippen molar-refractivity contribution in [3.63, 3.8) is 0 Å². The molecule has 0 saturated carbocycles. The summed E-state index contributed by atoms with van der Waals surface area (Å²) in [6.07, 6.45) is 7.96. The maximum Gasteiger partial charge on any atom is 0.149 e. The van der Waals surface area contributed by atoms with Crippen molar-refractivity contribution in [1.82, 2.24) is 9.97 Å². The van der Waals surface area contributed by atoms with Gasteiger partial charge in [-0.25, -0.2) is 4.98 Å². The van der Waals surface area contributed by atoms with E-state index in [0.717, 1.165) is 36.8 Å². The van der Waals surface area contributed by atoms with Gasteiger partial charge in [0.25, 0.3) is 0 Å². The maximum atomic E-state index is 4.60. The van der Waals surface area contributed by atoms with Crippen LogP contribution in [0.5, 0.6) is 0 Å². The first kappa shape index (κ1) is 15.1. The van der Waals surface area contributed by atoms with E-state index in [4.69, 9.17) is 0 Å². The van der Waals surface area contributed by atoms with Crippen LogP contribution >= 0.6 is 11.8 Å². The average Bonchev–Trinajstić information content (AvgIpc) is 2.42. The van der Waals surface area contributed by atoms with E-state index in [-0.39, 0.29) is 0 Å². The summed E-state index contributed by atoms with van der Waals surface area (Å²) in [6, 6.07) is 0.510. The standard InChI is InChI=1S/C13H24N4S/c1-5-7-15-12-8-14-9-13(16-12)17(3)11(6-2)10-18-4/h8-9,11H,5-7,10H2,1-4H3,(H,15,16). The van der Waals surface area contributed by atoms with Crippen molar-refractivity contribution in [3.05, 3.63) is 12.4 Å². The van der Waals surface area contributed by atoms with Gasteiger partial charge in [-0.3, -0.25) is 4.98 Å². The monoisotopic (exact) mass is 268 g/mol. The summed E-state index contributed by atoms with van der Waals surface area (Å²) in [5.41, 5.74) is 0. The first-order valence-electron chi connectivity index (χ1n) is 6.50. The van der Waals surface area contributed by atoms with Crippen molar-refractivity contribution in [2.24, 2.45) is 0 Å². The number of nitrogens with zero attached hydrogens (tertiary/aromatic N) is 3. The third kappa shape index (κ3) is 4.37. The summed E-state index contributed by atoms with van der Waals surface area (Å²) in [4.78, 5) is 11.1. The Balaban J connectivity index is 2.74. The minimum absolute atomic E-state index is 0.510. The third-order valence-electron chi connectivity index (χ3n) is 2.92. The predicted octanol–water partition coefficient (Wildman–Crippen LogP) is 2.88. The fraction of sp³-hybridized carbons (Fsp3) is 0.692. The van der Waals surface area contributed by atoms with Gasteiger partial charge in [-0.05, 0) is 19.1 Å². The highest BCUT2D eigenvalue weighted by Crippen LogP contribution is 2.17. The van der Waals surface area contributed by atoms with E-state index < -0.39 is 0 Å².